The Morgan fingerprint density at radius 3 is 2.47 bits per heavy atom. The topological polar surface area (TPSA) is 62.1 Å². The molecule has 0 unspecified atom stereocenters. The Labute approximate surface area is 90.6 Å². The number of nitrogens with one attached hydrogen (secondary N) is 1. The first kappa shape index (κ1) is 11.8. The molecular weight excluding hydrogens is 192 g/mol. The maximum Gasteiger partial charge on any atom is 0.408 e. The number of ether oxygens (including phenoxy) is 1. The van der Waals surface area contributed by atoms with Gasteiger partial charge >= 0.3 is 6.09 Å². The van der Waals surface area contributed by atoms with Crippen LogP contribution in [0.1, 0.15) is 46.0 Å². The van der Waals surface area contributed by atoms with Crippen LogP contribution in [0.5, 0.6) is 0 Å². The summed E-state index contributed by atoms with van der Waals surface area (Å²) in [6.07, 6.45) is 3.89. The van der Waals surface area contributed by atoms with Crippen molar-refractivity contribution in [3.63, 3.8) is 0 Å². The number of nitriles is 1. The monoisotopic (exact) mass is 210 g/mol. The predicted molar refractivity (Wildman–Crippen MR) is 56.2 cm³/mol. The van der Waals surface area contributed by atoms with Gasteiger partial charge in [0.1, 0.15) is 6.07 Å². The Kier molecular flexibility index (Phi) is 3.96. The van der Waals surface area contributed by atoms with Crippen molar-refractivity contribution in [1.82, 2.24) is 5.32 Å². The number of nitrogens with zero attached hydrogens (tertiary/aromatic N) is 1. The summed E-state index contributed by atoms with van der Waals surface area (Å²) in [6.45, 7) is 3.72. The minimum absolute atomic E-state index is 0.0387. The number of hydrogen-bond acceptors (Lipinski definition) is 3. The second kappa shape index (κ2) is 5.01. The number of rotatable bonds is 2. The van der Waals surface area contributed by atoms with Gasteiger partial charge in [0.25, 0.3) is 0 Å². The van der Waals surface area contributed by atoms with E-state index in [0.29, 0.717) is 12.8 Å². The summed E-state index contributed by atoms with van der Waals surface area (Å²) in [5.74, 6) is 0. The molecule has 0 heterocycles. The smallest absolute Gasteiger partial charge is 0.408 e. The SMILES string of the molecule is CC(C)NC(=O)OC1(C#N)CCCCC1. The van der Waals surface area contributed by atoms with Crippen LogP contribution in [0.25, 0.3) is 0 Å². The van der Waals surface area contributed by atoms with Gasteiger partial charge in [0, 0.05) is 18.9 Å². The van der Waals surface area contributed by atoms with Crippen LogP contribution in [0.2, 0.25) is 0 Å². The molecule has 4 heteroatoms. The van der Waals surface area contributed by atoms with Gasteiger partial charge in [-0.05, 0) is 26.7 Å². The Balaban J connectivity index is 2.52. The molecule has 0 bridgehead atoms. The van der Waals surface area contributed by atoms with E-state index in [2.05, 4.69) is 11.4 Å². The summed E-state index contributed by atoms with van der Waals surface area (Å²) in [5, 5.41) is 11.7. The summed E-state index contributed by atoms with van der Waals surface area (Å²) in [7, 11) is 0. The summed E-state index contributed by atoms with van der Waals surface area (Å²) in [6, 6.07) is 2.18. The highest BCUT2D eigenvalue weighted by molar-refractivity contribution is 5.68. The lowest BCUT2D eigenvalue weighted by Crippen LogP contribution is -2.41. The minimum atomic E-state index is -0.878. The first-order valence-electron chi connectivity index (χ1n) is 5.49. The molecular formula is C11H18N2O2. The lowest BCUT2D eigenvalue weighted by Gasteiger charge is -2.30. The number of alkyl carbamates (subject to hydrolysis) is 1. The molecule has 1 aliphatic carbocycles. The second-order valence-electron chi connectivity index (χ2n) is 4.36. The lowest BCUT2D eigenvalue weighted by atomic mass is 9.86. The van der Waals surface area contributed by atoms with Crippen molar-refractivity contribution < 1.29 is 9.53 Å². The van der Waals surface area contributed by atoms with Gasteiger partial charge in [-0.3, -0.25) is 0 Å². The molecule has 1 N–H and O–H groups in total. The van der Waals surface area contributed by atoms with Gasteiger partial charge in [-0.15, -0.1) is 0 Å². The van der Waals surface area contributed by atoms with Crippen LogP contribution in [0, 0.1) is 11.3 Å². The summed E-state index contributed by atoms with van der Waals surface area (Å²) in [5.41, 5.74) is -0.878. The van der Waals surface area contributed by atoms with Crippen molar-refractivity contribution in [2.24, 2.45) is 0 Å². The third-order valence-corrected chi connectivity index (χ3v) is 2.56. The third kappa shape index (κ3) is 3.43. The first-order chi connectivity index (χ1) is 7.08. The molecule has 4 nitrogen and oxygen atoms in total. The summed E-state index contributed by atoms with van der Waals surface area (Å²) >= 11 is 0. The molecule has 0 aliphatic heterocycles. The average Bonchev–Trinajstić information content (AvgIpc) is 2.17. The highest BCUT2D eigenvalue weighted by Crippen LogP contribution is 2.30. The van der Waals surface area contributed by atoms with Gasteiger partial charge < -0.3 is 10.1 Å². The van der Waals surface area contributed by atoms with E-state index in [1.165, 1.54) is 0 Å². The predicted octanol–water partition coefficient (Wildman–Crippen LogP) is 2.35. The number of amides is 1. The van der Waals surface area contributed by atoms with Crippen LogP contribution < -0.4 is 5.32 Å². The maximum atomic E-state index is 11.4. The van der Waals surface area contributed by atoms with E-state index < -0.39 is 11.7 Å². The fourth-order valence-electron chi connectivity index (χ4n) is 1.80. The van der Waals surface area contributed by atoms with E-state index in [4.69, 9.17) is 10.00 Å². The molecule has 0 spiro atoms. The summed E-state index contributed by atoms with van der Waals surface area (Å²) < 4.78 is 5.23. The molecule has 1 amide bonds. The zero-order chi connectivity index (χ0) is 11.3. The zero-order valence-corrected chi connectivity index (χ0v) is 9.38. The molecule has 84 valence electrons. The van der Waals surface area contributed by atoms with E-state index in [1.54, 1.807) is 0 Å². The van der Waals surface area contributed by atoms with Crippen LogP contribution in [0.4, 0.5) is 4.79 Å². The molecule has 1 fully saturated rings. The van der Waals surface area contributed by atoms with E-state index in [0.717, 1.165) is 19.3 Å². The van der Waals surface area contributed by atoms with Gasteiger partial charge in [-0.2, -0.15) is 5.26 Å². The molecule has 1 rings (SSSR count). The van der Waals surface area contributed by atoms with E-state index in [-0.39, 0.29) is 6.04 Å². The molecule has 0 aromatic heterocycles. The van der Waals surface area contributed by atoms with Gasteiger partial charge in [-0.1, -0.05) is 6.42 Å². The minimum Gasteiger partial charge on any atom is -0.427 e. The molecule has 0 aromatic rings. The standard InChI is InChI=1S/C11H18N2O2/c1-9(2)13-10(14)15-11(8-12)6-4-3-5-7-11/h9H,3-7H2,1-2H3,(H,13,14). The highest BCUT2D eigenvalue weighted by atomic mass is 16.6. The Morgan fingerprint density at radius 2 is 2.00 bits per heavy atom. The molecule has 0 aromatic carbocycles. The van der Waals surface area contributed by atoms with Crippen LogP contribution in [0.15, 0.2) is 0 Å². The maximum absolute atomic E-state index is 11.4. The van der Waals surface area contributed by atoms with Crippen LogP contribution >= 0.6 is 0 Å². The van der Waals surface area contributed by atoms with Crippen molar-refractivity contribution in [3.05, 3.63) is 0 Å². The van der Waals surface area contributed by atoms with Gasteiger partial charge in [0.05, 0.1) is 0 Å². The van der Waals surface area contributed by atoms with Gasteiger partial charge in [0.2, 0.25) is 0 Å². The summed E-state index contributed by atoms with van der Waals surface area (Å²) in [4.78, 5) is 11.4. The van der Waals surface area contributed by atoms with Crippen molar-refractivity contribution >= 4 is 6.09 Å². The Bertz CT molecular complexity index is 262. The largest absolute Gasteiger partial charge is 0.427 e. The molecule has 1 saturated carbocycles. The van der Waals surface area contributed by atoms with Crippen LogP contribution in [-0.2, 0) is 4.74 Å². The van der Waals surface area contributed by atoms with Gasteiger partial charge in [0.15, 0.2) is 5.60 Å². The van der Waals surface area contributed by atoms with Crippen LogP contribution in [-0.4, -0.2) is 17.7 Å². The Morgan fingerprint density at radius 1 is 1.40 bits per heavy atom. The average molecular weight is 210 g/mol. The van der Waals surface area contributed by atoms with Crippen molar-refractivity contribution in [3.8, 4) is 6.07 Å². The number of carbonyl (C=O) groups is 1. The first-order valence-corrected chi connectivity index (χ1v) is 5.49. The fraction of sp³-hybridized carbons (Fsp3) is 0.818. The van der Waals surface area contributed by atoms with Crippen molar-refractivity contribution in [1.29, 1.82) is 5.26 Å². The molecule has 0 atom stereocenters. The second-order valence-corrected chi connectivity index (χ2v) is 4.36. The third-order valence-electron chi connectivity index (χ3n) is 2.56. The van der Waals surface area contributed by atoms with E-state index in [9.17, 15) is 4.79 Å². The quantitative estimate of drug-likeness (QED) is 0.761. The van der Waals surface area contributed by atoms with Crippen molar-refractivity contribution in [2.75, 3.05) is 0 Å². The zero-order valence-electron chi connectivity index (χ0n) is 9.38. The molecule has 0 radical (unpaired) electrons. The molecule has 0 saturated heterocycles. The Hall–Kier alpha value is -1.24. The highest BCUT2D eigenvalue weighted by Gasteiger charge is 2.36. The van der Waals surface area contributed by atoms with E-state index >= 15 is 0 Å². The molecule has 15 heavy (non-hydrogen) atoms. The lowest BCUT2D eigenvalue weighted by molar-refractivity contribution is 0.0248. The number of carbonyl (C=O) groups excluding carboxylic acids is 1. The fourth-order valence-corrected chi connectivity index (χ4v) is 1.80. The number of hydrogen-bond donors (Lipinski definition) is 1. The van der Waals surface area contributed by atoms with Crippen molar-refractivity contribution in [2.45, 2.75) is 57.6 Å². The normalized spacial score (nSPS) is 19.3. The van der Waals surface area contributed by atoms with Gasteiger partial charge in [-0.25, -0.2) is 4.79 Å². The van der Waals surface area contributed by atoms with E-state index in [1.807, 2.05) is 13.8 Å². The van der Waals surface area contributed by atoms with Crippen LogP contribution in [0.3, 0.4) is 0 Å². The molecule has 1 aliphatic rings.